The van der Waals surface area contributed by atoms with Crippen molar-refractivity contribution >= 4 is 28.9 Å². The first-order valence-corrected chi connectivity index (χ1v) is 4.65. The Kier molecular flexibility index (Phi) is 3.82. The first kappa shape index (κ1) is 13.6. The molecule has 0 atom stereocenters. The summed E-state index contributed by atoms with van der Waals surface area (Å²) in [5, 5.41) is 1.51. The number of amides is 1. The molecule has 0 aromatic heterocycles. The van der Waals surface area contributed by atoms with Crippen LogP contribution in [0.4, 0.5) is 28.9 Å². The molecule has 94 valence electrons. The average molecular weight is 271 g/mol. The van der Waals surface area contributed by atoms with Gasteiger partial charge in [-0.2, -0.15) is 8.78 Å². The van der Waals surface area contributed by atoms with Gasteiger partial charge in [0, 0.05) is 5.69 Å². The number of nitrogen functional groups attached to an aromatic ring is 1. The number of anilines is 2. The number of nitrogens with two attached hydrogens (primary N) is 1. The summed E-state index contributed by atoms with van der Waals surface area (Å²) in [6.07, 6.45) is -4.10. The minimum absolute atomic E-state index is 0.0855. The van der Waals surface area contributed by atoms with Gasteiger partial charge >= 0.3 is 18.3 Å². The van der Waals surface area contributed by atoms with E-state index in [2.05, 4.69) is 0 Å². The molecule has 17 heavy (non-hydrogen) atoms. The van der Waals surface area contributed by atoms with Gasteiger partial charge < -0.3 is 11.1 Å². The maximum atomic E-state index is 12.6. The Labute approximate surface area is 98.5 Å². The van der Waals surface area contributed by atoms with Crippen LogP contribution < -0.4 is 11.1 Å². The van der Waals surface area contributed by atoms with E-state index < -0.39 is 18.3 Å². The van der Waals surface area contributed by atoms with Crippen molar-refractivity contribution in [3.8, 4) is 0 Å². The van der Waals surface area contributed by atoms with Crippen LogP contribution in [0.15, 0.2) is 18.2 Å². The average Bonchev–Trinajstić information content (AvgIpc) is 2.23. The number of halogens is 5. The molecule has 3 nitrogen and oxygen atoms in total. The molecule has 0 saturated heterocycles. The van der Waals surface area contributed by atoms with Gasteiger partial charge in [-0.3, -0.25) is 4.79 Å². The molecule has 0 saturated carbocycles. The molecular weight excluding hydrogens is 264 g/mol. The molecule has 0 aliphatic carbocycles. The van der Waals surface area contributed by atoms with Crippen molar-refractivity contribution in [2.24, 2.45) is 0 Å². The largest absolute Gasteiger partial charge is 0.399 e. The fraction of sp³-hybridized carbons (Fsp3) is 0.222. The van der Waals surface area contributed by atoms with E-state index in [4.69, 9.17) is 17.3 Å². The van der Waals surface area contributed by atoms with Gasteiger partial charge in [0.25, 0.3) is 0 Å². The van der Waals surface area contributed by atoms with Crippen LogP contribution in [-0.4, -0.2) is 18.3 Å². The summed E-state index contributed by atoms with van der Waals surface area (Å²) < 4.78 is 49.0. The highest BCUT2D eigenvalue weighted by molar-refractivity contribution is 6.33. The molecule has 8 heteroatoms. The molecule has 1 rings (SSSR count). The number of benzene rings is 1. The van der Waals surface area contributed by atoms with Crippen LogP contribution >= 0.6 is 11.6 Å². The Hall–Kier alpha value is -1.50. The van der Waals surface area contributed by atoms with Crippen molar-refractivity contribution in [2.45, 2.75) is 12.3 Å². The molecule has 1 amide bonds. The van der Waals surface area contributed by atoms with E-state index in [-0.39, 0.29) is 16.4 Å². The van der Waals surface area contributed by atoms with E-state index in [1.165, 1.54) is 12.1 Å². The van der Waals surface area contributed by atoms with Crippen molar-refractivity contribution in [3.63, 3.8) is 0 Å². The molecule has 1 aromatic carbocycles. The highest BCUT2D eigenvalue weighted by Crippen LogP contribution is 2.28. The van der Waals surface area contributed by atoms with Gasteiger partial charge in [-0.25, -0.2) is 8.78 Å². The third-order valence-corrected chi connectivity index (χ3v) is 2.15. The highest BCUT2D eigenvalue weighted by Gasteiger charge is 2.49. The Bertz CT molecular complexity index is 439. The number of nitrogens with one attached hydrogen (secondary N) is 1. The number of rotatable bonds is 3. The first-order valence-electron chi connectivity index (χ1n) is 4.27. The molecule has 3 N–H and O–H groups in total. The van der Waals surface area contributed by atoms with Crippen molar-refractivity contribution in [2.75, 3.05) is 11.1 Å². The van der Waals surface area contributed by atoms with Crippen LogP contribution in [0.1, 0.15) is 0 Å². The predicted molar refractivity (Wildman–Crippen MR) is 55.4 cm³/mol. The van der Waals surface area contributed by atoms with Crippen LogP contribution in [-0.2, 0) is 4.79 Å². The van der Waals surface area contributed by atoms with Gasteiger partial charge in [0.2, 0.25) is 0 Å². The molecule has 0 aliphatic heterocycles. The fourth-order valence-electron chi connectivity index (χ4n) is 0.943. The molecule has 0 unspecified atom stereocenters. The minimum Gasteiger partial charge on any atom is -0.399 e. The zero-order valence-electron chi connectivity index (χ0n) is 8.18. The van der Waals surface area contributed by atoms with Crippen LogP contribution in [0.25, 0.3) is 0 Å². The Morgan fingerprint density at radius 1 is 1.41 bits per heavy atom. The standard InChI is InChI=1S/C9H7ClF4N2O/c10-5-2-1-4(15)3-6(5)16-8(17)9(13,14)7(11)12/h1-3,7H,15H2,(H,16,17). The Morgan fingerprint density at radius 3 is 2.53 bits per heavy atom. The number of carbonyl (C=O) groups is 1. The van der Waals surface area contributed by atoms with E-state index in [1.807, 2.05) is 0 Å². The maximum Gasteiger partial charge on any atom is 0.383 e. The summed E-state index contributed by atoms with van der Waals surface area (Å²) in [5.74, 6) is -6.92. The maximum absolute atomic E-state index is 12.6. The third kappa shape index (κ3) is 3.00. The van der Waals surface area contributed by atoms with Gasteiger partial charge in [-0.05, 0) is 18.2 Å². The molecule has 0 spiro atoms. The lowest BCUT2D eigenvalue weighted by Crippen LogP contribution is -2.41. The lowest BCUT2D eigenvalue weighted by molar-refractivity contribution is -0.163. The van der Waals surface area contributed by atoms with Crippen LogP contribution in [0.3, 0.4) is 0 Å². The number of alkyl halides is 4. The van der Waals surface area contributed by atoms with E-state index >= 15 is 0 Å². The summed E-state index contributed by atoms with van der Waals surface area (Å²) in [4.78, 5) is 10.9. The van der Waals surface area contributed by atoms with Crippen molar-refractivity contribution in [1.29, 1.82) is 0 Å². The molecule has 0 bridgehead atoms. The summed E-state index contributed by atoms with van der Waals surface area (Å²) in [5.41, 5.74) is 5.22. The van der Waals surface area contributed by atoms with Crippen molar-refractivity contribution < 1.29 is 22.4 Å². The second-order valence-corrected chi connectivity index (χ2v) is 3.52. The third-order valence-electron chi connectivity index (χ3n) is 1.82. The van der Waals surface area contributed by atoms with Crippen LogP contribution in [0, 0.1) is 0 Å². The molecular formula is C9H7ClF4N2O. The lowest BCUT2D eigenvalue weighted by Gasteiger charge is -2.15. The van der Waals surface area contributed by atoms with Gasteiger partial charge in [0.1, 0.15) is 0 Å². The minimum atomic E-state index is -4.78. The first-order chi connectivity index (χ1) is 7.75. The zero-order chi connectivity index (χ0) is 13.2. The quantitative estimate of drug-likeness (QED) is 0.655. The van der Waals surface area contributed by atoms with Crippen molar-refractivity contribution in [3.05, 3.63) is 23.2 Å². The summed E-state index contributed by atoms with van der Waals surface area (Å²) >= 11 is 5.57. The molecule has 0 heterocycles. The van der Waals surface area contributed by atoms with E-state index in [0.717, 1.165) is 6.07 Å². The Balaban J connectivity index is 2.92. The zero-order valence-corrected chi connectivity index (χ0v) is 8.94. The smallest absolute Gasteiger partial charge is 0.383 e. The fourth-order valence-corrected chi connectivity index (χ4v) is 1.11. The van der Waals surface area contributed by atoms with Gasteiger partial charge in [-0.1, -0.05) is 11.6 Å². The predicted octanol–water partition coefficient (Wildman–Crippen LogP) is 2.76. The SMILES string of the molecule is Nc1ccc(Cl)c(NC(=O)C(F)(F)C(F)F)c1. The second-order valence-electron chi connectivity index (χ2n) is 3.12. The highest BCUT2D eigenvalue weighted by atomic mass is 35.5. The van der Waals surface area contributed by atoms with Crippen LogP contribution in [0.2, 0.25) is 5.02 Å². The lowest BCUT2D eigenvalue weighted by atomic mass is 10.2. The van der Waals surface area contributed by atoms with Crippen LogP contribution in [0.5, 0.6) is 0 Å². The molecule has 0 fully saturated rings. The van der Waals surface area contributed by atoms with Gasteiger partial charge in [0.15, 0.2) is 0 Å². The van der Waals surface area contributed by atoms with Crippen molar-refractivity contribution in [1.82, 2.24) is 0 Å². The monoisotopic (exact) mass is 270 g/mol. The molecule has 1 aromatic rings. The summed E-state index contributed by atoms with van der Waals surface area (Å²) in [7, 11) is 0. The normalized spacial score (nSPS) is 11.6. The van der Waals surface area contributed by atoms with E-state index in [1.54, 1.807) is 5.32 Å². The van der Waals surface area contributed by atoms with E-state index in [0.29, 0.717) is 0 Å². The van der Waals surface area contributed by atoms with Gasteiger partial charge in [-0.15, -0.1) is 0 Å². The number of hydrogen-bond acceptors (Lipinski definition) is 2. The summed E-state index contributed by atoms with van der Waals surface area (Å²) in [6, 6.07) is 3.69. The van der Waals surface area contributed by atoms with Gasteiger partial charge in [0.05, 0.1) is 10.7 Å². The number of hydrogen-bond donors (Lipinski definition) is 2. The topological polar surface area (TPSA) is 55.1 Å². The Morgan fingerprint density at radius 2 is 2.00 bits per heavy atom. The van der Waals surface area contributed by atoms with E-state index in [9.17, 15) is 22.4 Å². The summed E-state index contributed by atoms with van der Waals surface area (Å²) in [6.45, 7) is 0. The number of carbonyl (C=O) groups excluding carboxylic acids is 1. The molecule has 0 radical (unpaired) electrons. The molecule has 0 aliphatic rings. The second kappa shape index (κ2) is 4.79.